The molecule has 1 aromatic carbocycles. The van der Waals surface area contributed by atoms with E-state index in [0.29, 0.717) is 27.3 Å². The Hall–Kier alpha value is -1.89. The number of fused-ring (bicyclic) bond motifs is 1. The smallest absolute Gasteiger partial charge is 0.185 e. The molecule has 2 aromatic heterocycles. The molecule has 0 bridgehead atoms. The summed E-state index contributed by atoms with van der Waals surface area (Å²) in [5, 5.41) is 26.3. The molecule has 0 radical (unpaired) electrons. The Bertz CT molecular complexity index is 812. The van der Waals surface area contributed by atoms with Crippen LogP contribution in [0.25, 0.3) is 17.0 Å². The zero-order valence-corrected chi connectivity index (χ0v) is 13.9. The Morgan fingerprint density at radius 2 is 1.91 bits per heavy atom. The highest BCUT2D eigenvalue weighted by atomic mass is 35.5. The predicted octanol–water partition coefficient (Wildman–Crippen LogP) is 3.28. The lowest BCUT2D eigenvalue weighted by atomic mass is 10.2. The van der Waals surface area contributed by atoms with Crippen LogP contribution in [-0.2, 0) is 0 Å². The maximum atomic E-state index is 9.30. The number of hydrogen-bond donors (Lipinski definition) is 2. The fourth-order valence-electron chi connectivity index (χ4n) is 2.21. The average Bonchev–Trinajstić information content (AvgIpc) is 2.94. The van der Waals surface area contributed by atoms with E-state index < -0.39 is 0 Å². The third-order valence-corrected chi connectivity index (χ3v) is 3.89. The fraction of sp³-hybridized carbons (Fsp3) is 0.267. The molecule has 0 amide bonds. The summed E-state index contributed by atoms with van der Waals surface area (Å²) in [4.78, 5) is 0. The molecular formula is C15H15Cl2N5O. The van der Waals surface area contributed by atoms with Gasteiger partial charge in [-0.15, -0.1) is 15.3 Å². The van der Waals surface area contributed by atoms with Crippen molar-refractivity contribution in [2.24, 2.45) is 0 Å². The van der Waals surface area contributed by atoms with Gasteiger partial charge in [0, 0.05) is 15.6 Å². The zero-order valence-electron chi connectivity index (χ0n) is 12.4. The Morgan fingerprint density at radius 1 is 1.17 bits per heavy atom. The number of hydrogen-bond acceptors (Lipinski definition) is 5. The molecule has 0 fully saturated rings. The van der Waals surface area contributed by atoms with Crippen LogP contribution < -0.4 is 5.32 Å². The molecule has 6 nitrogen and oxygen atoms in total. The van der Waals surface area contributed by atoms with Gasteiger partial charge in [-0.05, 0) is 36.8 Å². The van der Waals surface area contributed by atoms with E-state index in [1.807, 2.05) is 13.0 Å². The summed E-state index contributed by atoms with van der Waals surface area (Å²) in [6, 6.07) is 8.73. The zero-order chi connectivity index (χ0) is 16.4. The number of nitrogens with zero attached hydrogens (tertiary/aromatic N) is 4. The largest absolute Gasteiger partial charge is 0.394 e. The van der Waals surface area contributed by atoms with Gasteiger partial charge in [-0.3, -0.25) is 0 Å². The first-order chi connectivity index (χ1) is 11.1. The summed E-state index contributed by atoms with van der Waals surface area (Å²) in [6.07, 6.45) is 0.787. The maximum absolute atomic E-state index is 9.30. The van der Waals surface area contributed by atoms with Crippen LogP contribution in [0.3, 0.4) is 0 Å². The van der Waals surface area contributed by atoms with Gasteiger partial charge >= 0.3 is 0 Å². The number of anilines is 1. The second kappa shape index (κ2) is 6.70. The molecule has 0 aliphatic heterocycles. The van der Waals surface area contributed by atoms with Gasteiger partial charge < -0.3 is 10.4 Å². The highest BCUT2D eigenvalue weighted by molar-refractivity contribution is 6.35. The van der Waals surface area contributed by atoms with Crippen LogP contribution in [0.2, 0.25) is 10.0 Å². The van der Waals surface area contributed by atoms with Crippen molar-refractivity contribution in [2.45, 2.75) is 19.4 Å². The van der Waals surface area contributed by atoms with Crippen LogP contribution in [0.4, 0.5) is 5.82 Å². The SMILES string of the molecule is CCC(CO)Nc1ccc2nnc(-c3cc(Cl)cc(Cl)c3)n2n1. The molecule has 1 atom stereocenters. The minimum absolute atomic E-state index is 0.0369. The molecular weight excluding hydrogens is 337 g/mol. The summed E-state index contributed by atoms with van der Waals surface area (Å²) >= 11 is 12.1. The van der Waals surface area contributed by atoms with E-state index in [1.54, 1.807) is 28.8 Å². The Balaban J connectivity index is 2.04. The number of halogens is 2. The number of nitrogens with one attached hydrogen (secondary N) is 1. The molecule has 3 aromatic rings. The lowest BCUT2D eigenvalue weighted by Crippen LogP contribution is -2.23. The minimum atomic E-state index is -0.0551. The first-order valence-corrected chi connectivity index (χ1v) is 7.92. The van der Waals surface area contributed by atoms with E-state index in [0.717, 1.165) is 12.0 Å². The van der Waals surface area contributed by atoms with Crippen molar-refractivity contribution in [2.75, 3.05) is 11.9 Å². The minimum Gasteiger partial charge on any atom is -0.394 e. The molecule has 0 aliphatic rings. The van der Waals surface area contributed by atoms with Gasteiger partial charge in [0.2, 0.25) is 0 Å². The van der Waals surface area contributed by atoms with Crippen molar-refractivity contribution < 1.29 is 5.11 Å². The number of aliphatic hydroxyl groups is 1. The van der Waals surface area contributed by atoms with Gasteiger partial charge in [0.15, 0.2) is 11.5 Å². The third kappa shape index (κ3) is 3.39. The molecule has 0 aliphatic carbocycles. The first-order valence-electron chi connectivity index (χ1n) is 7.17. The van der Waals surface area contributed by atoms with Crippen molar-refractivity contribution >= 4 is 34.7 Å². The van der Waals surface area contributed by atoms with Crippen molar-refractivity contribution in [1.29, 1.82) is 0 Å². The monoisotopic (exact) mass is 351 g/mol. The quantitative estimate of drug-likeness (QED) is 0.737. The number of aromatic nitrogens is 4. The van der Waals surface area contributed by atoms with Crippen molar-refractivity contribution in [3.8, 4) is 11.4 Å². The Kier molecular flexibility index (Phi) is 4.66. The summed E-state index contributed by atoms with van der Waals surface area (Å²) in [6.45, 7) is 2.03. The van der Waals surface area contributed by atoms with Crippen LogP contribution in [0.15, 0.2) is 30.3 Å². The van der Waals surface area contributed by atoms with Crippen LogP contribution in [0.1, 0.15) is 13.3 Å². The molecule has 23 heavy (non-hydrogen) atoms. The van der Waals surface area contributed by atoms with E-state index >= 15 is 0 Å². The molecule has 120 valence electrons. The van der Waals surface area contributed by atoms with E-state index in [-0.39, 0.29) is 12.6 Å². The lowest BCUT2D eigenvalue weighted by Gasteiger charge is -2.14. The van der Waals surface area contributed by atoms with E-state index in [1.165, 1.54) is 0 Å². The summed E-state index contributed by atoms with van der Waals surface area (Å²) < 4.78 is 1.62. The van der Waals surface area contributed by atoms with Crippen molar-refractivity contribution in [3.63, 3.8) is 0 Å². The van der Waals surface area contributed by atoms with Crippen LogP contribution in [-0.4, -0.2) is 37.6 Å². The Labute approximate surface area is 143 Å². The normalized spacial score (nSPS) is 12.5. The summed E-state index contributed by atoms with van der Waals surface area (Å²) in [7, 11) is 0. The molecule has 2 N–H and O–H groups in total. The second-order valence-electron chi connectivity index (χ2n) is 5.10. The average molecular weight is 352 g/mol. The lowest BCUT2D eigenvalue weighted by molar-refractivity contribution is 0.271. The second-order valence-corrected chi connectivity index (χ2v) is 5.98. The highest BCUT2D eigenvalue weighted by Crippen LogP contribution is 2.26. The van der Waals surface area contributed by atoms with Crippen molar-refractivity contribution in [1.82, 2.24) is 19.8 Å². The van der Waals surface area contributed by atoms with Crippen LogP contribution in [0, 0.1) is 0 Å². The molecule has 0 saturated carbocycles. The van der Waals surface area contributed by atoms with Crippen LogP contribution in [0.5, 0.6) is 0 Å². The molecule has 3 rings (SSSR count). The van der Waals surface area contributed by atoms with Gasteiger partial charge in [-0.25, -0.2) is 0 Å². The van der Waals surface area contributed by atoms with E-state index in [2.05, 4.69) is 20.6 Å². The Morgan fingerprint density at radius 3 is 2.57 bits per heavy atom. The number of benzene rings is 1. The predicted molar refractivity (Wildman–Crippen MR) is 91.0 cm³/mol. The fourth-order valence-corrected chi connectivity index (χ4v) is 2.74. The maximum Gasteiger partial charge on any atom is 0.185 e. The molecule has 0 saturated heterocycles. The molecule has 0 spiro atoms. The standard InChI is InChI=1S/C15H15Cl2N5O/c1-2-12(8-23)18-13-3-4-14-19-20-15(22(14)21-13)9-5-10(16)7-11(17)6-9/h3-7,12,23H,2,8H2,1H3,(H,18,21). The first kappa shape index (κ1) is 16.0. The van der Waals surface area contributed by atoms with E-state index in [9.17, 15) is 5.11 Å². The molecule has 8 heteroatoms. The third-order valence-electron chi connectivity index (χ3n) is 3.45. The molecule has 2 heterocycles. The van der Waals surface area contributed by atoms with Gasteiger partial charge in [0.05, 0.1) is 12.6 Å². The summed E-state index contributed by atoms with van der Waals surface area (Å²) in [5.74, 6) is 1.18. The number of rotatable bonds is 5. The van der Waals surface area contributed by atoms with Gasteiger partial charge in [0.25, 0.3) is 0 Å². The van der Waals surface area contributed by atoms with Crippen LogP contribution >= 0.6 is 23.2 Å². The van der Waals surface area contributed by atoms with Gasteiger partial charge in [0.1, 0.15) is 5.82 Å². The van der Waals surface area contributed by atoms with Gasteiger partial charge in [-0.1, -0.05) is 30.1 Å². The van der Waals surface area contributed by atoms with E-state index in [4.69, 9.17) is 23.2 Å². The molecule has 1 unspecified atom stereocenters. The topological polar surface area (TPSA) is 75.3 Å². The van der Waals surface area contributed by atoms with Gasteiger partial charge in [-0.2, -0.15) is 4.52 Å². The number of aliphatic hydroxyl groups excluding tert-OH is 1. The summed E-state index contributed by atoms with van der Waals surface area (Å²) in [5.41, 5.74) is 1.34. The van der Waals surface area contributed by atoms with Crippen molar-refractivity contribution in [3.05, 3.63) is 40.4 Å². The highest BCUT2D eigenvalue weighted by Gasteiger charge is 2.12.